The summed E-state index contributed by atoms with van der Waals surface area (Å²) in [5.74, 6) is 0.332. The van der Waals surface area contributed by atoms with E-state index in [0.29, 0.717) is 48.5 Å². The number of β-amino-alcohol motifs (C(OH)–C–C–N with tert-alkyl or cyclic N) is 1. The maximum Gasteiger partial charge on any atom is 0.305 e. The summed E-state index contributed by atoms with van der Waals surface area (Å²) in [6, 6.07) is 3.19. The molecule has 9 nitrogen and oxygen atoms in total. The lowest BCUT2D eigenvalue weighted by atomic mass is 10.2. The molecule has 0 bridgehead atoms. The molecule has 1 saturated heterocycles. The smallest absolute Gasteiger partial charge is 0.305 e. The number of aryl methyl sites for hydroxylation is 2. The number of fused-ring (bicyclic) bond motifs is 1. The molecule has 0 spiro atoms. The average molecular weight is 348 g/mol. The number of carbonyl (C=O) groups is 1. The molecule has 9 heteroatoms. The zero-order chi connectivity index (χ0) is 18.1. The van der Waals surface area contributed by atoms with E-state index in [1.807, 2.05) is 4.90 Å². The number of hydrogen-bond acceptors (Lipinski definition) is 7. The fraction of sp³-hybridized carbons (Fsp3) is 0.500. The molecular weight excluding hydrogens is 328 g/mol. The van der Waals surface area contributed by atoms with Crippen molar-refractivity contribution in [3.05, 3.63) is 28.1 Å². The Morgan fingerprint density at radius 2 is 2.28 bits per heavy atom. The molecule has 0 radical (unpaired) electrons. The first kappa shape index (κ1) is 17.2. The van der Waals surface area contributed by atoms with Gasteiger partial charge in [-0.1, -0.05) is 0 Å². The summed E-state index contributed by atoms with van der Waals surface area (Å²) in [4.78, 5) is 28.7. The van der Waals surface area contributed by atoms with Gasteiger partial charge in [-0.05, 0) is 12.5 Å². The Morgan fingerprint density at radius 1 is 1.52 bits per heavy atom. The summed E-state index contributed by atoms with van der Waals surface area (Å²) in [5.41, 5.74) is 1.72. The third-order valence-corrected chi connectivity index (χ3v) is 4.55. The van der Waals surface area contributed by atoms with Gasteiger partial charge in [0.15, 0.2) is 0 Å². The van der Waals surface area contributed by atoms with Gasteiger partial charge in [-0.2, -0.15) is 0 Å². The highest BCUT2D eigenvalue weighted by Gasteiger charge is 2.28. The van der Waals surface area contributed by atoms with E-state index in [1.54, 1.807) is 17.7 Å². The summed E-state index contributed by atoms with van der Waals surface area (Å²) in [7, 11) is 3.10. The number of aliphatic hydroxyl groups excluding tert-OH is 1. The first-order chi connectivity index (χ1) is 11.9. The molecule has 1 fully saturated rings. The fourth-order valence-corrected chi connectivity index (χ4v) is 3.17. The molecule has 1 N–H and O–H groups in total. The molecule has 25 heavy (non-hydrogen) atoms. The number of methoxy groups -OCH3 is 1. The van der Waals surface area contributed by atoms with Crippen LogP contribution in [0.25, 0.3) is 11.0 Å². The van der Waals surface area contributed by atoms with E-state index >= 15 is 0 Å². The lowest BCUT2D eigenvalue weighted by Gasteiger charge is -2.17. The van der Waals surface area contributed by atoms with Crippen LogP contribution in [0, 0.1) is 10.1 Å². The molecular formula is C16H20N4O5. The number of aliphatic hydroxyl groups is 1. The van der Waals surface area contributed by atoms with Gasteiger partial charge in [0.1, 0.15) is 11.5 Å². The van der Waals surface area contributed by atoms with Gasteiger partial charge in [0, 0.05) is 32.6 Å². The summed E-state index contributed by atoms with van der Waals surface area (Å²) in [6.07, 6.45) is 0.696. The predicted octanol–water partition coefficient (Wildman–Crippen LogP) is 1.16. The van der Waals surface area contributed by atoms with Gasteiger partial charge < -0.3 is 19.3 Å². The maximum absolute atomic E-state index is 11.5. The number of nitrogens with zero attached hydrogens (tertiary/aromatic N) is 4. The van der Waals surface area contributed by atoms with Crippen molar-refractivity contribution in [1.29, 1.82) is 0 Å². The van der Waals surface area contributed by atoms with Gasteiger partial charge in [-0.3, -0.25) is 14.9 Å². The molecule has 1 aliphatic rings. The second-order valence-electron chi connectivity index (χ2n) is 6.14. The topological polar surface area (TPSA) is 111 Å². The Morgan fingerprint density at radius 3 is 2.88 bits per heavy atom. The lowest BCUT2D eigenvalue weighted by Crippen LogP contribution is -2.22. The number of carbonyl (C=O) groups excluding carboxylic acids is 1. The number of esters is 1. The lowest BCUT2D eigenvalue weighted by molar-refractivity contribution is -0.384. The minimum atomic E-state index is -0.477. The van der Waals surface area contributed by atoms with Crippen molar-refractivity contribution < 1.29 is 19.6 Å². The first-order valence-electron chi connectivity index (χ1n) is 8.04. The number of ether oxygens (including phenoxy) is 1. The second-order valence-corrected chi connectivity index (χ2v) is 6.14. The van der Waals surface area contributed by atoms with E-state index in [-0.39, 0.29) is 18.1 Å². The Bertz CT molecular complexity index is 832. The van der Waals surface area contributed by atoms with Crippen LogP contribution in [-0.4, -0.2) is 51.9 Å². The minimum absolute atomic E-state index is 0.0101. The van der Waals surface area contributed by atoms with Crippen LogP contribution in [0.3, 0.4) is 0 Å². The third kappa shape index (κ3) is 3.27. The van der Waals surface area contributed by atoms with E-state index in [9.17, 15) is 20.0 Å². The molecule has 134 valence electrons. The summed E-state index contributed by atoms with van der Waals surface area (Å²) in [5, 5.41) is 21.2. The van der Waals surface area contributed by atoms with E-state index in [4.69, 9.17) is 0 Å². The normalized spacial score (nSPS) is 17.2. The zero-order valence-electron chi connectivity index (χ0n) is 14.1. The van der Waals surface area contributed by atoms with E-state index < -0.39 is 11.0 Å². The van der Waals surface area contributed by atoms with Crippen LogP contribution >= 0.6 is 0 Å². The third-order valence-electron chi connectivity index (χ3n) is 4.55. The number of hydrogen-bond donors (Lipinski definition) is 1. The van der Waals surface area contributed by atoms with Crippen LogP contribution in [0.5, 0.6) is 0 Å². The Labute approximate surface area is 144 Å². The minimum Gasteiger partial charge on any atom is -0.469 e. The van der Waals surface area contributed by atoms with Crippen LogP contribution in [-0.2, 0) is 23.0 Å². The highest BCUT2D eigenvalue weighted by molar-refractivity contribution is 5.86. The first-order valence-corrected chi connectivity index (χ1v) is 8.04. The molecule has 0 unspecified atom stereocenters. The molecule has 1 aromatic carbocycles. The van der Waals surface area contributed by atoms with Gasteiger partial charge in [0.2, 0.25) is 0 Å². The number of benzene rings is 1. The summed E-state index contributed by atoms with van der Waals surface area (Å²) >= 11 is 0. The van der Waals surface area contributed by atoms with Crippen molar-refractivity contribution in [2.45, 2.75) is 25.4 Å². The molecule has 1 aromatic heterocycles. The highest BCUT2D eigenvalue weighted by atomic mass is 16.6. The average Bonchev–Trinajstić information content (AvgIpc) is 3.15. The Kier molecular flexibility index (Phi) is 4.58. The number of imidazole rings is 1. The van der Waals surface area contributed by atoms with Crippen LogP contribution in [0.15, 0.2) is 12.1 Å². The van der Waals surface area contributed by atoms with Gasteiger partial charge in [-0.15, -0.1) is 0 Å². The van der Waals surface area contributed by atoms with E-state index in [2.05, 4.69) is 9.72 Å². The standard InChI is InChI=1S/C16H20N4O5/c1-18-12-8-14(20(23)24)13(19-6-5-10(21)9-19)7-11(12)17-15(18)3-4-16(22)25-2/h7-8,10,21H,3-6,9H2,1-2H3/t10-/m1/s1. The quantitative estimate of drug-likeness (QED) is 0.490. The number of nitro benzene ring substituents is 1. The molecule has 0 aliphatic carbocycles. The second kappa shape index (κ2) is 6.67. The monoisotopic (exact) mass is 348 g/mol. The van der Waals surface area contributed by atoms with E-state index in [1.165, 1.54) is 13.2 Å². The molecule has 0 saturated carbocycles. The number of anilines is 1. The largest absolute Gasteiger partial charge is 0.469 e. The van der Waals surface area contributed by atoms with Gasteiger partial charge in [0.25, 0.3) is 5.69 Å². The van der Waals surface area contributed by atoms with Crippen molar-refractivity contribution in [3.8, 4) is 0 Å². The molecule has 2 heterocycles. The summed E-state index contributed by atoms with van der Waals surface area (Å²) in [6.45, 7) is 0.934. The zero-order valence-corrected chi connectivity index (χ0v) is 14.1. The van der Waals surface area contributed by atoms with E-state index in [0.717, 1.165) is 0 Å². The van der Waals surface area contributed by atoms with Crippen molar-refractivity contribution in [1.82, 2.24) is 9.55 Å². The predicted molar refractivity (Wildman–Crippen MR) is 90.5 cm³/mol. The van der Waals surface area contributed by atoms with Crippen molar-refractivity contribution >= 4 is 28.4 Å². The van der Waals surface area contributed by atoms with Gasteiger partial charge >= 0.3 is 5.97 Å². The SMILES string of the molecule is COC(=O)CCc1nc2cc(N3CC[C@@H](O)C3)c([N+](=O)[O-])cc2n1C. The van der Waals surface area contributed by atoms with Crippen LogP contribution in [0.2, 0.25) is 0 Å². The van der Waals surface area contributed by atoms with Crippen molar-refractivity contribution in [3.63, 3.8) is 0 Å². The molecule has 1 aliphatic heterocycles. The van der Waals surface area contributed by atoms with Crippen LogP contribution in [0.4, 0.5) is 11.4 Å². The maximum atomic E-state index is 11.5. The van der Waals surface area contributed by atoms with Crippen molar-refractivity contribution in [2.24, 2.45) is 7.05 Å². The van der Waals surface area contributed by atoms with Crippen LogP contribution < -0.4 is 4.90 Å². The molecule has 1 atom stereocenters. The number of aromatic nitrogens is 2. The van der Waals surface area contributed by atoms with Gasteiger partial charge in [0.05, 0.1) is 35.6 Å². The van der Waals surface area contributed by atoms with Crippen molar-refractivity contribution in [2.75, 3.05) is 25.1 Å². The fourth-order valence-electron chi connectivity index (χ4n) is 3.17. The Hall–Kier alpha value is -2.68. The summed E-state index contributed by atoms with van der Waals surface area (Å²) < 4.78 is 6.40. The molecule has 0 amide bonds. The number of nitro groups is 1. The Balaban J connectivity index is 2.01. The molecule has 3 rings (SSSR count). The van der Waals surface area contributed by atoms with Gasteiger partial charge in [-0.25, -0.2) is 4.98 Å². The van der Waals surface area contributed by atoms with Crippen LogP contribution in [0.1, 0.15) is 18.7 Å². The molecule has 2 aromatic rings. The number of rotatable bonds is 5. The highest BCUT2D eigenvalue weighted by Crippen LogP contribution is 2.35.